The van der Waals surface area contributed by atoms with E-state index in [0.717, 1.165) is 13.0 Å². The van der Waals surface area contributed by atoms with Crippen molar-refractivity contribution in [3.8, 4) is 0 Å². The van der Waals surface area contributed by atoms with Gasteiger partial charge >= 0.3 is 5.97 Å². The Hall–Kier alpha value is -1.35. The van der Waals surface area contributed by atoms with Crippen molar-refractivity contribution < 1.29 is 9.90 Å². The zero-order chi connectivity index (χ0) is 14.6. The molecule has 0 saturated carbocycles. The van der Waals surface area contributed by atoms with Crippen molar-refractivity contribution in [1.82, 2.24) is 4.90 Å². The summed E-state index contributed by atoms with van der Waals surface area (Å²) < 4.78 is 0. The summed E-state index contributed by atoms with van der Waals surface area (Å²) in [6.45, 7) is 8.56. The third-order valence-electron chi connectivity index (χ3n) is 3.86. The van der Waals surface area contributed by atoms with Crippen molar-refractivity contribution in [1.29, 1.82) is 0 Å². The van der Waals surface area contributed by atoms with Crippen LogP contribution in [0.4, 0.5) is 0 Å². The van der Waals surface area contributed by atoms with Crippen molar-refractivity contribution in [2.24, 2.45) is 0 Å². The molecule has 0 fully saturated rings. The number of carboxylic acid groups (broad SMARTS) is 1. The van der Waals surface area contributed by atoms with E-state index in [1.165, 1.54) is 11.1 Å². The number of carboxylic acids is 1. The Morgan fingerprint density at radius 3 is 2.21 bits per heavy atom. The SMILES string of the molecule is CC(C)c1ccc(CCN(C)C(C)(C)C(=O)O)cc1. The van der Waals surface area contributed by atoms with Gasteiger partial charge in [-0.15, -0.1) is 0 Å². The number of nitrogens with zero attached hydrogens (tertiary/aromatic N) is 1. The molecule has 1 N–H and O–H groups in total. The number of aliphatic carboxylic acids is 1. The Kier molecular flexibility index (Phi) is 5.12. The van der Waals surface area contributed by atoms with E-state index in [-0.39, 0.29) is 0 Å². The van der Waals surface area contributed by atoms with Gasteiger partial charge in [0.15, 0.2) is 0 Å². The first kappa shape index (κ1) is 15.7. The highest BCUT2D eigenvalue weighted by atomic mass is 16.4. The first-order valence-corrected chi connectivity index (χ1v) is 6.78. The molecule has 0 amide bonds. The smallest absolute Gasteiger partial charge is 0.323 e. The van der Waals surface area contributed by atoms with Gasteiger partial charge in [-0.3, -0.25) is 9.69 Å². The number of likely N-dealkylation sites (N-methyl/N-ethyl adjacent to an activating group) is 1. The first-order valence-electron chi connectivity index (χ1n) is 6.78. The zero-order valence-electron chi connectivity index (χ0n) is 12.6. The van der Waals surface area contributed by atoms with Crippen LogP contribution in [-0.4, -0.2) is 35.1 Å². The number of rotatable bonds is 6. The van der Waals surface area contributed by atoms with E-state index in [1.54, 1.807) is 13.8 Å². The highest BCUT2D eigenvalue weighted by molar-refractivity contribution is 5.77. The van der Waals surface area contributed by atoms with Crippen molar-refractivity contribution in [2.45, 2.75) is 45.6 Å². The maximum Gasteiger partial charge on any atom is 0.323 e. The number of hydrogen-bond acceptors (Lipinski definition) is 2. The Morgan fingerprint density at radius 2 is 1.79 bits per heavy atom. The molecule has 0 aromatic heterocycles. The van der Waals surface area contributed by atoms with Crippen molar-refractivity contribution in [3.05, 3.63) is 35.4 Å². The fourth-order valence-electron chi connectivity index (χ4n) is 1.81. The van der Waals surface area contributed by atoms with Crippen LogP contribution in [0.3, 0.4) is 0 Å². The summed E-state index contributed by atoms with van der Waals surface area (Å²) in [6.07, 6.45) is 0.867. The van der Waals surface area contributed by atoms with Gasteiger partial charge in [0.1, 0.15) is 5.54 Å². The van der Waals surface area contributed by atoms with Crippen molar-refractivity contribution in [2.75, 3.05) is 13.6 Å². The molecule has 0 aliphatic rings. The second-order valence-corrected chi connectivity index (χ2v) is 5.93. The van der Waals surface area contributed by atoms with Crippen LogP contribution < -0.4 is 0 Å². The molecule has 0 unspecified atom stereocenters. The molecule has 0 saturated heterocycles. The lowest BCUT2D eigenvalue weighted by Crippen LogP contribution is -2.48. The second-order valence-electron chi connectivity index (χ2n) is 5.93. The monoisotopic (exact) mass is 263 g/mol. The lowest BCUT2D eigenvalue weighted by Gasteiger charge is -2.31. The maximum atomic E-state index is 11.2. The summed E-state index contributed by atoms with van der Waals surface area (Å²) in [5.74, 6) is -0.243. The predicted molar refractivity (Wildman–Crippen MR) is 78.6 cm³/mol. The van der Waals surface area contributed by atoms with Crippen LogP contribution in [0.1, 0.15) is 44.7 Å². The summed E-state index contributed by atoms with van der Waals surface area (Å²) in [6, 6.07) is 8.58. The average molecular weight is 263 g/mol. The van der Waals surface area contributed by atoms with Gasteiger partial charge in [-0.1, -0.05) is 38.1 Å². The highest BCUT2D eigenvalue weighted by Gasteiger charge is 2.31. The largest absolute Gasteiger partial charge is 0.480 e. The van der Waals surface area contributed by atoms with E-state index in [0.29, 0.717) is 5.92 Å². The lowest BCUT2D eigenvalue weighted by molar-refractivity contribution is -0.148. The predicted octanol–water partition coefficient (Wildman–Crippen LogP) is 3.15. The van der Waals surface area contributed by atoms with E-state index >= 15 is 0 Å². The molecule has 1 aromatic carbocycles. The molecule has 0 atom stereocenters. The molecule has 0 aliphatic carbocycles. The third-order valence-corrected chi connectivity index (χ3v) is 3.86. The first-order chi connectivity index (χ1) is 8.75. The minimum Gasteiger partial charge on any atom is -0.480 e. The highest BCUT2D eigenvalue weighted by Crippen LogP contribution is 2.16. The molecule has 1 aromatic rings. The fraction of sp³-hybridized carbons (Fsp3) is 0.562. The summed E-state index contributed by atoms with van der Waals surface area (Å²) in [5.41, 5.74) is 1.76. The van der Waals surface area contributed by atoms with Crippen molar-refractivity contribution in [3.63, 3.8) is 0 Å². The van der Waals surface area contributed by atoms with E-state index < -0.39 is 11.5 Å². The third kappa shape index (κ3) is 4.06. The average Bonchev–Trinajstić information content (AvgIpc) is 2.36. The summed E-state index contributed by atoms with van der Waals surface area (Å²) in [4.78, 5) is 13.0. The van der Waals surface area contributed by atoms with Gasteiger partial charge in [0.2, 0.25) is 0 Å². The summed E-state index contributed by atoms with van der Waals surface area (Å²) >= 11 is 0. The van der Waals surface area contributed by atoms with Crippen LogP contribution in [0.15, 0.2) is 24.3 Å². The Bertz CT molecular complexity index is 421. The van der Waals surface area contributed by atoms with Gasteiger partial charge in [0.25, 0.3) is 0 Å². The molecule has 106 valence electrons. The molecule has 0 aliphatic heterocycles. The molecule has 1 rings (SSSR count). The van der Waals surface area contributed by atoms with Crippen LogP contribution in [0.5, 0.6) is 0 Å². The minimum atomic E-state index is -0.822. The van der Waals surface area contributed by atoms with Gasteiger partial charge in [-0.05, 0) is 44.4 Å². The van der Waals surface area contributed by atoms with Crippen LogP contribution in [0.2, 0.25) is 0 Å². The van der Waals surface area contributed by atoms with Gasteiger partial charge in [-0.2, -0.15) is 0 Å². The minimum absolute atomic E-state index is 0.544. The molecule has 3 heteroatoms. The van der Waals surface area contributed by atoms with Crippen LogP contribution >= 0.6 is 0 Å². The molecule has 19 heavy (non-hydrogen) atoms. The normalized spacial score (nSPS) is 12.2. The summed E-state index contributed by atoms with van der Waals surface area (Å²) in [5, 5.41) is 9.16. The molecular formula is C16H25NO2. The topological polar surface area (TPSA) is 40.5 Å². The zero-order valence-corrected chi connectivity index (χ0v) is 12.6. The maximum absolute atomic E-state index is 11.2. The number of hydrogen-bond donors (Lipinski definition) is 1. The van der Waals surface area contributed by atoms with Crippen molar-refractivity contribution >= 4 is 5.97 Å². The van der Waals surface area contributed by atoms with E-state index in [1.807, 2.05) is 11.9 Å². The van der Waals surface area contributed by atoms with Gasteiger partial charge in [0.05, 0.1) is 0 Å². The molecule has 0 heterocycles. The Morgan fingerprint density at radius 1 is 1.26 bits per heavy atom. The van der Waals surface area contributed by atoms with Gasteiger partial charge < -0.3 is 5.11 Å². The second kappa shape index (κ2) is 6.20. The lowest BCUT2D eigenvalue weighted by atomic mass is 10.00. The standard InChI is InChI=1S/C16H25NO2/c1-12(2)14-8-6-13(7-9-14)10-11-17(5)16(3,4)15(18)19/h6-9,12H,10-11H2,1-5H3,(H,18,19). The molecule has 0 bridgehead atoms. The Labute approximate surface area is 116 Å². The number of benzene rings is 1. The molecule has 0 spiro atoms. The Balaban J connectivity index is 2.60. The summed E-state index contributed by atoms with van der Waals surface area (Å²) in [7, 11) is 1.86. The van der Waals surface area contributed by atoms with Crippen LogP contribution in [0, 0.1) is 0 Å². The van der Waals surface area contributed by atoms with Gasteiger partial charge in [-0.25, -0.2) is 0 Å². The number of carbonyl (C=O) groups is 1. The molecule has 3 nitrogen and oxygen atoms in total. The fourth-order valence-corrected chi connectivity index (χ4v) is 1.81. The molecular weight excluding hydrogens is 238 g/mol. The van der Waals surface area contributed by atoms with E-state index in [9.17, 15) is 4.79 Å². The van der Waals surface area contributed by atoms with Gasteiger partial charge in [0, 0.05) is 6.54 Å². The molecule has 0 radical (unpaired) electrons. The van der Waals surface area contributed by atoms with E-state index in [4.69, 9.17) is 5.11 Å². The van der Waals surface area contributed by atoms with Crippen LogP contribution in [0.25, 0.3) is 0 Å². The van der Waals surface area contributed by atoms with Crippen LogP contribution in [-0.2, 0) is 11.2 Å². The van der Waals surface area contributed by atoms with E-state index in [2.05, 4.69) is 38.1 Å². The quantitative estimate of drug-likeness (QED) is 0.857.